The minimum absolute atomic E-state index is 0.0788. The van der Waals surface area contributed by atoms with Crippen LogP contribution in [0.15, 0.2) is 42.5 Å². The quantitative estimate of drug-likeness (QED) is 0.860. The largest absolute Gasteiger partial charge is 0.493 e. The monoisotopic (exact) mass is 301 g/mol. The van der Waals surface area contributed by atoms with E-state index >= 15 is 0 Å². The van der Waals surface area contributed by atoms with E-state index in [0.717, 1.165) is 11.3 Å². The Labute approximate surface area is 129 Å². The SMILES string of the molecule is COc1cc(CO)ccc1OCC(=O)Nc1ccc(C)cc1. The highest BCUT2D eigenvalue weighted by Gasteiger charge is 2.08. The van der Waals surface area contributed by atoms with Gasteiger partial charge in [0.25, 0.3) is 5.91 Å². The third-order valence-corrected chi connectivity index (χ3v) is 3.10. The molecule has 1 amide bonds. The molecule has 0 aliphatic rings. The van der Waals surface area contributed by atoms with Gasteiger partial charge in [-0.3, -0.25) is 4.79 Å². The zero-order chi connectivity index (χ0) is 15.9. The summed E-state index contributed by atoms with van der Waals surface area (Å²) in [7, 11) is 1.51. The summed E-state index contributed by atoms with van der Waals surface area (Å²) >= 11 is 0. The fraction of sp³-hybridized carbons (Fsp3) is 0.235. The Kier molecular flexibility index (Phi) is 5.38. The van der Waals surface area contributed by atoms with Crippen LogP contribution in [0.2, 0.25) is 0 Å². The minimum atomic E-state index is -0.253. The highest BCUT2D eigenvalue weighted by molar-refractivity contribution is 5.91. The Bertz CT molecular complexity index is 638. The summed E-state index contributed by atoms with van der Waals surface area (Å²) in [6, 6.07) is 12.6. The summed E-state index contributed by atoms with van der Waals surface area (Å²) < 4.78 is 10.7. The van der Waals surface area contributed by atoms with E-state index in [1.54, 1.807) is 18.2 Å². The molecule has 0 aliphatic heterocycles. The van der Waals surface area contributed by atoms with E-state index in [-0.39, 0.29) is 19.1 Å². The Morgan fingerprint density at radius 1 is 1.14 bits per heavy atom. The summed E-state index contributed by atoms with van der Waals surface area (Å²) in [6.07, 6.45) is 0. The van der Waals surface area contributed by atoms with E-state index in [1.165, 1.54) is 7.11 Å². The second-order valence-corrected chi connectivity index (χ2v) is 4.85. The lowest BCUT2D eigenvalue weighted by Gasteiger charge is -2.12. The lowest BCUT2D eigenvalue weighted by molar-refractivity contribution is -0.118. The van der Waals surface area contributed by atoms with Crippen molar-refractivity contribution in [3.63, 3.8) is 0 Å². The van der Waals surface area contributed by atoms with Gasteiger partial charge >= 0.3 is 0 Å². The number of aliphatic hydroxyl groups is 1. The molecule has 0 saturated heterocycles. The van der Waals surface area contributed by atoms with Gasteiger partial charge in [0.15, 0.2) is 18.1 Å². The molecule has 0 radical (unpaired) electrons. The molecule has 0 aromatic heterocycles. The summed E-state index contributed by atoms with van der Waals surface area (Å²) in [6.45, 7) is 1.78. The third kappa shape index (κ3) is 4.23. The van der Waals surface area contributed by atoms with Crippen molar-refractivity contribution >= 4 is 11.6 Å². The molecule has 5 heteroatoms. The number of aliphatic hydroxyl groups excluding tert-OH is 1. The van der Waals surface area contributed by atoms with Crippen LogP contribution in [-0.4, -0.2) is 24.7 Å². The van der Waals surface area contributed by atoms with Gasteiger partial charge < -0.3 is 19.9 Å². The van der Waals surface area contributed by atoms with Crippen LogP contribution >= 0.6 is 0 Å². The molecule has 2 aromatic carbocycles. The van der Waals surface area contributed by atoms with Crippen LogP contribution in [0, 0.1) is 6.92 Å². The Hall–Kier alpha value is -2.53. The molecule has 5 nitrogen and oxygen atoms in total. The zero-order valence-electron chi connectivity index (χ0n) is 12.6. The van der Waals surface area contributed by atoms with Gasteiger partial charge in [0.1, 0.15) is 0 Å². The molecule has 22 heavy (non-hydrogen) atoms. The minimum Gasteiger partial charge on any atom is -0.493 e. The summed E-state index contributed by atoms with van der Waals surface area (Å²) in [5, 5.41) is 11.8. The number of carbonyl (C=O) groups excluding carboxylic acids is 1. The molecular weight excluding hydrogens is 282 g/mol. The van der Waals surface area contributed by atoms with E-state index < -0.39 is 0 Å². The summed E-state index contributed by atoms with van der Waals surface area (Å²) in [5.74, 6) is 0.686. The standard InChI is InChI=1S/C17H19NO4/c1-12-3-6-14(7-4-12)18-17(20)11-22-15-8-5-13(10-19)9-16(15)21-2/h3-9,19H,10-11H2,1-2H3,(H,18,20). The predicted molar refractivity (Wildman–Crippen MR) is 84.2 cm³/mol. The van der Waals surface area contributed by atoms with Crippen molar-refractivity contribution in [2.75, 3.05) is 19.0 Å². The first-order valence-electron chi connectivity index (χ1n) is 6.89. The van der Waals surface area contributed by atoms with Crippen molar-refractivity contribution in [2.24, 2.45) is 0 Å². The first-order valence-corrected chi connectivity index (χ1v) is 6.89. The average molecular weight is 301 g/mol. The van der Waals surface area contributed by atoms with E-state index in [1.807, 2.05) is 31.2 Å². The molecule has 0 saturated carbocycles. The van der Waals surface area contributed by atoms with E-state index in [4.69, 9.17) is 14.6 Å². The lowest BCUT2D eigenvalue weighted by atomic mass is 10.2. The molecule has 0 aliphatic carbocycles. The number of rotatable bonds is 6. The maximum Gasteiger partial charge on any atom is 0.262 e. The molecule has 0 unspecified atom stereocenters. The Balaban J connectivity index is 1.94. The van der Waals surface area contributed by atoms with Gasteiger partial charge in [0.05, 0.1) is 13.7 Å². The fourth-order valence-corrected chi connectivity index (χ4v) is 1.91. The van der Waals surface area contributed by atoms with Gasteiger partial charge in [-0.1, -0.05) is 23.8 Å². The van der Waals surface area contributed by atoms with Gasteiger partial charge in [-0.2, -0.15) is 0 Å². The zero-order valence-corrected chi connectivity index (χ0v) is 12.6. The number of ether oxygens (including phenoxy) is 2. The van der Waals surface area contributed by atoms with Crippen LogP contribution in [0.3, 0.4) is 0 Å². The van der Waals surface area contributed by atoms with Crippen LogP contribution < -0.4 is 14.8 Å². The van der Waals surface area contributed by atoms with Crippen molar-refractivity contribution in [1.82, 2.24) is 0 Å². The second kappa shape index (κ2) is 7.47. The van der Waals surface area contributed by atoms with Gasteiger partial charge in [0.2, 0.25) is 0 Å². The average Bonchev–Trinajstić information content (AvgIpc) is 2.55. The summed E-state index contributed by atoms with van der Waals surface area (Å²) in [4.78, 5) is 11.9. The van der Waals surface area contributed by atoms with Crippen molar-refractivity contribution in [3.8, 4) is 11.5 Å². The first-order chi connectivity index (χ1) is 10.6. The first kappa shape index (κ1) is 15.9. The van der Waals surface area contributed by atoms with Crippen LogP contribution in [0.25, 0.3) is 0 Å². The number of hydrogen-bond donors (Lipinski definition) is 2. The summed E-state index contributed by atoms with van der Waals surface area (Å²) in [5.41, 5.74) is 2.57. The molecule has 116 valence electrons. The van der Waals surface area contributed by atoms with Gasteiger partial charge in [-0.15, -0.1) is 0 Å². The van der Waals surface area contributed by atoms with Crippen molar-refractivity contribution in [2.45, 2.75) is 13.5 Å². The lowest BCUT2D eigenvalue weighted by Crippen LogP contribution is -2.20. The van der Waals surface area contributed by atoms with Gasteiger partial charge in [0, 0.05) is 5.69 Å². The number of benzene rings is 2. The number of carbonyl (C=O) groups is 1. The van der Waals surface area contributed by atoms with Crippen LogP contribution in [0.1, 0.15) is 11.1 Å². The number of methoxy groups -OCH3 is 1. The molecule has 0 fully saturated rings. The van der Waals surface area contributed by atoms with E-state index in [0.29, 0.717) is 17.1 Å². The molecule has 2 N–H and O–H groups in total. The second-order valence-electron chi connectivity index (χ2n) is 4.85. The number of amides is 1. The van der Waals surface area contributed by atoms with Crippen molar-refractivity contribution < 1.29 is 19.4 Å². The normalized spacial score (nSPS) is 10.1. The molecule has 0 bridgehead atoms. The van der Waals surface area contributed by atoms with Crippen LogP contribution in [0.4, 0.5) is 5.69 Å². The van der Waals surface area contributed by atoms with Crippen LogP contribution in [-0.2, 0) is 11.4 Å². The number of nitrogens with one attached hydrogen (secondary N) is 1. The van der Waals surface area contributed by atoms with E-state index in [9.17, 15) is 4.79 Å². The molecule has 0 atom stereocenters. The smallest absolute Gasteiger partial charge is 0.262 e. The highest BCUT2D eigenvalue weighted by Crippen LogP contribution is 2.28. The number of hydrogen-bond acceptors (Lipinski definition) is 4. The Morgan fingerprint density at radius 3 is 2.50 bits per heavy atom. The topological polar surface area (TPSA) is 67.8 Å². The molecule has 2 rings (SSSR count). The van der Waals surface area contributed by atoms with E-state index in [2.05, 4.69) is 5.32 Å². The van der Waals surface area contributed by atoms with Crippen LogP contribution in [0.5, 0.6) is 11.5 Å². The van der Waals surface area contributed by atoms with Gasteiger partial charge in [-0.25, -0.2) is 0 Å². The maximum atomic E-state index is 11.9. The van der Waals surface area contributed by atoms with Gasteiger partial charge in [-0.05, 0) is 36.8 Å². The number of aryl methyl sites for hydroxylation is 1. The third-order valence-electron chi connectivity index (χ3n) is 3.10. The predicted octanol–water partition coefficient (Wildman–Crippen LogP) is 2.51. The number of anilines is 1. The fourth-order valence-electron chi connectivity index (χ4n) is 1.91. The molecular formula is C17H19NO4. The Morgan fingerprint density at radius 2 is 1.86 bits per heavy atom. The molecule has 0 spiro atoms. The molecule has 2 aromatic rings. The van der Waals surface area contributed by atoms with Crippen molar-refractivity contribution in [1.29, 1.82) is 0 Å². The molecule has 0 heterocycles. The maximum absolute atomic E-state index is 11.9. The van der Waals surface area contributed by atoms with Crippen molar-refractivity contribution in [3.05, 3.63) is 53.6 Å². The highest BCUT2D eigenvalue weighted by atomic mass is 16.5.